The average molecular weight is 334 g/mol. The van der Waals surface area contributed by atoms with Gasteiger partial charge in [-0.3, -0.25) is 4.79 Å². The number of aryl methyl sites for hydroxylation is 1. The van der Waals surface area contributed by atoms with E-state index in [4.69, 9.17) is 0 Å². The number of anilines is 1. The molecule has 120 valence electrons. The van der Waals surface area contributed by atoms with E-state index >= 15 is 0 Å². The van der Waals surface area contributed by atoms with Crippen LogP contribution in [-0.4, -0.2) is 34.5 Å². The van der Waals surface area contributed by atoms with E-state index in [1.807, 2.05) is 4.90 Å². The van der Waals surface area contributed by atoms with Crippen molar-refractivity contribution in [1.29, 1.82) is 0 Å². The normalized spacial score (nSPS) is 17.0. The lowest BCUT2D eigenvalue weighted by Crippen LogP contribution is -2.26. The predicted molar refractivity (Wildman–Crippen MR) is 87.3 cm³/mol. The summed E-state index contributed by atoms with van der Waals surface area (Å²) < 4.78 is 16.5. The fourth-order valence-electron chi connectivity index (χ4n) is 3.46. The Morgan fingerprint density at radius 1 is 1.26 bits per heavy atom. The van der Waals surface area contributed by atoms with Crippen LogP contribution in [0.2, 0.25) is 0 Å². The summed E-state index contributed by atoms with van der Waals surface area (Å²) in [6.07, 6.45) is 3.29. The van der Waals surface area contributed by atoms with Gasteiger partial charge in [0.2, 0.25) is 5.43 Å². The Labute approximate surface area is 135 Å². The molecule has 1 N–H and O–H groups in total. The molecule has 1 aromatic heterocycles. The first kappa shape index (κ1) is 14.6. The van der Waals surface area contributed by atoms with E-state index in [9.17, 15) is 19.1 Å². The maximum atomic E-state index is 14.7. The molecule has 0 aliphatic carbocycles. The van der Waals surface area contributed by atoms with E-state index in [2.05, 4.69) is 0 Å². The van der Waals surface area contributed by atoms with Crippen molar-refractivity contribution in [3.05, 3.63) is 33.9 Å². The van der Waals surface area contributed by atoms with Gasteiger partial charge in [-0.05, 0) is 18.9 Å². The summed E-state index contributed by atoms with van der Waals surface area (Å²) in [5.41, 5.74) is 0.0560. The van der Waals surface area contributed by atoms with Crippen molar-refractivity contribution in [1.82, 2.24) is 4.57 Å². The van der Waals surface area contributed by atoms with Crippen LogP contribution in [0.25, 0.3) is 10.9 Å². The van der Waals surface area contributed by atoms with Crippen LogP contribution in [0.1, 0.15) is 23.2 Å². The number of carbonyl (C=O) groups is 1. The van der Waals surface area contributed by atoms with Gasteiger partial charge < -0.3 is 14.6 Å². The molecule has 4 rings (SSSR count). The summed E-state index contributed by atoms with van der Waals surface area (Å²) in [5, 5.41) is 9.55. The van der Waals surface area contributed by atoms with Gasteiger partial charge in [-0.2, -0.15) is 0 Å². The van der Waals surface area contributed by atoms with E-state index in [-0.39, 0.29) is 16.6 Å². The molecule has 7 heteroatoms. The minimum atomic E-state index is -1.27. The van der Waals surface area contributed by atoms with E-state index in [1.165, 1.54) is 24.0 Å². The summed E-state index contributed by atoms with van der Waals surface area (Å²) in [4.78, 5) is 26.8. The Morgan fingerprint density at radius 3 is 2.70 bits per heavy atom. The number of carboxylic acid groups (broad SMARTS) is 1. The first-order chi connectivity index (χ1) is 11.1. The van der Waals surface area contributed by atoms with Crippen molar-refractivity contribution in [3.8, 4) is 0 Å². The molecule has 0 unspecified atom stereocenters. The molecule has 0 spiro atoms. The number of hydrogen-bond acceptors (Lipinski definition) is 4. The van der Waals surface area contributed by atoms with E-state index in [1.54, 1.807) is 4.57 Å². The van der Waals surface area contributed by atoms with Gasteiger partial charge in [0.15, 0.2) is 0 Å². The number of thioether (sulfide) groups is 1. The highest BCUT2D eigenvalue weighted by Gasteiger charge is 2.27. The molecule has 5 nitrogen and oxygen atoms in total. The summed E-state index contributed by atoms with van der Waals surface area (Å²) in [5.74, 6) is -0.973. The Bertz CT molecular complexity index is 887. The van der Waals surface area contributed by atoms with Gasteiger partial charge in [0.1, 0.15) is 11.4 Å². The average Bonchev–Trinajstić information content (AvgIpc) is 3.03. The van der Waals surface area contributed by atoms with Crippen LogP contribution in [0.5, 0.6) is 0 Å². The van der Waals surface area contributed by atoms with Crippen LogP contribution >= 0.6 is 11.8 Å². The van der Waals surface area contributed by atoms with Gasteiger partial charge >= 0.3 is 5.97 Å². The third kappa shape index (κ3) is 2.14. The number of aromatic nitrogens is 1. The largest absolute Gasteiger partial charge is 0.477 e. The second kappa shape index (κ2) is 5.26. The monoisotopic (exact) mass is 334 g/mol. The Balaban J connectivity index is 2.16. The van der Waals surface area contributed by atoms with Gasteiger partial charge in [-0.25, -0.2) is 9.18 Å². The molecule has 1 saturated heterocycles. The van der Waals surface area contributed by atoms with Crippen LogP contribution in [0.15, 0.2) is 22.0 Å². The number of hydrogen-bond donors (Lipinski definition) is 1. The molecular formula is C16H15FN2O3S. The summed E-state index contributed by atoms with van der Waals surface area (Å²) >= 11 is 1.50. The predicted octanol–water partition coefficient (Wildman–Crippen LogP) is 2.54. The maximum absolute atomic E-state index is 14.7. The molecule has 2 aliphatic rings. The zero-order valence-electron chi connectivity index (χ0n) is 12.3. The minimum absolute atomic E-state index is 0.217. The highest BCUT2D eigenvalue weighted by molar-refractivity contribution is 7.99. The zero-order valence-corrected chi connectivity index (χ0v) is 13.2. The van der Waals surface area contributed by atoms with Crippen molar-refractivity contribution >= 4 is 34.3 Å². The van der Waals surface area contributed by atoms with Gasteiger partial charge in [0.05, 0.1) is 16.6 Å². The SMILES string of the molecule is O=C(O)c1cn2c3c(cc(F)c(N4CCCC4)c3c1=O)SCC2. The van der Waals surface area contributed by atoms with Crippen molar-refractivity contribution in [3.63, 3.8) is 0 Å². The quantitative estimate of drug-likeness (QED) is 0.914. The van der Waals surface area contributed by atoms with Crippen LogP contribution in [0.3, 0.4) is 0 Å². The highest BCUT2D eigenvalue weighted by atomic mass is 32.2. The molecule has 3 heterocycles. The fraction of sp³-hybridized carbons (Fsp3) is 0.375. The number of halogens is 1. The first-order valence-corrected chi connectivity index (χ1v) is 8.57. The Morgan fingerprint density at radius 2 is 2.00 bits per heavy atom. The van der Waals surface area contributed by atoms with E-state index in [0.717, 1.165) is 18.6 Å². The third-order valence-electron chi connectivity index (χ3n) is 4.48. The molecule has 1 fully saturated rings. The van der Waals surface area contributed by atoms with Crippen LogP contribution < -0.4 is 10.3 Å². The number of nitrogens with zero attached hydrogens (tertiary/aromatic N) is 2. The van der Waals surface area contributed by atoms with Crippen molar-refractivity contribution < 1.29 is 14.3 Å². The third-order valence-corrected chi connectivity index (χ3v) is 5.49. The van der Waals surface area contributed by atoms with Crippen molar-refractivity contribution in [2.24, 2.45) is 0 Å². The number of benzene rings is 1. The number of pyridine rings is 1. The van der Waals surface area contributed by atoms with Crippen LogP contribution in [0, 0.1) is 5.82 Å². The van der Waals surface area contributed by atoms with E-state index < -0.39 is 17.2 Å². The van der Waals surface area contributed by atoms with E-state index in [0.29, 0.717) is 30.0 Å². The van der Waals surface area contributed by atoms with Crippen LogP contribution in [0.4, 0.5) is 10.1 Å². The topological polar surface area (TPSA) is 62.5 Å². The maximum Gasteiger partial charge on any atom is 0.341 e. The fourth-order valence-corrected chi connectivity index (χ4v) is 4.51. The molecule has 0 saturated carbocycles. The van der Waals surface area contributed by atoms with Crippen LogP contribution in [-0.2, 0) is 6.54 Å². The molecule has 2 aromatic rings. The highest BCUT2D eigenvalue weighted by Crippen LogP contribution is 2.39. The lowest BCUT2D eigenvalue weighted by Gasteiger charge is -2.26. The lowest BCUT2D eigenvalue weighted by molar-refractivity contribution is 0.0695. The van der Waals surface area contributed by atoms with Gasteiger partial charge in [0, 0.05) is 36.5 Å². The Kier molecular flexibility index (Phi) is 3.33. The minimum Gasteiger partial charge on any atom is -0.477 e. The lowest BCUT2D eigenvalue weighted by atomic mass is 10.1. The smallest absolute Gasteiger partial charge is 0.341 e. The van der Waals surface area contributed by atoms with Gasteiger partial charge in [-0.1, -0.05) is 0 Å². The molecule has 0 amide bonds. The zero-order chi connectivity index (χ0) is 16.1. The molecule has 23 heavy (non-hydrogen) atoms. The molecule has 2 aliphatic heterocycles. The first-order valence-electron chi connectivity index (χ1n) is 7.58. The summed E-state index contributed by atoms with van der Waals surface area (Å²) in [6, 6.07) is 1.48. The molecule has 0 atom stereocenters. The standard InChI is InChI=1S/C16H15FN2O3S/c17-10-7-11-14-12(13(10)18-3-1-2-4-18)15(20)9(16(21)22)8-19(14)5-6-23-11/h7-8H,1-6H2,(H,21,22). The second-order valence-corrected chi connectivity index (χ2v) is 6.98. The summed E-state index contributed by atoms with van der Waals surface area (Å²) in [7, 11) is 0. The molecular weight excluding hydrogens is 319 g/mol. The molecule has 1 aromatic carbocycles. The van der Waals surface area contributed by atoms with Crippen molar-refractivity contribution in [2.45, 2.75) is 24.3 Å². The number of aromatic carboxylic acids is 1. The second-order valence-electron chi connectivity index (χ2n) is 5.84. The molecule has 0 bridgehead atoms. The summed E-state index contributed by atoms with van der Waals surface area (Å²) in [6.45, 7) is 1.99. The molecule has 0 radical (unpaired) electrons. The van der Waals surface area contributed by atoms with Gasteiger partial charge in [0.25, 0.3) is 0 Å². The van der Waals surface area contributed by atoms with Crippen molar-refractivity contribution in [2.75, 3.05) is 23.7 Å². The number of rotatable bonds is 2. The van der Waals surface area contributed by atoms with Gasteiger partial charge in [-0.15, -0.1) is 11.8 Å². The Hall–Kier alpha value is -2.02. The number of carboxylic acids is 1.